The van der Waals surface area contributed by atoms with Crippen molar-refractivity contribution in [3.63, 3.8) is 0 Å². The zero-order chi connectivity index (χ0) is 59.9. The van der Waals surface area contributed by atoms with E-state index in [1.807, 2.05) is 0 Å². The Bertz CT molecular complexity index is 1660. The molecule has 0 amide bonds. The van der Waals surface area contributed by atoms with Crippen LogP contribution in [0.2, 0.25) is 0 Å². The number of esters is 3. The zero-order valence-electron chi connectivity index (χ0n) is 54.7. The molecule has 0 N–H and O–H groups in total. The van der Waals surface area contributed by atoms with Crippen LogP contribution in [0.4, 0.5) is 0 Å². The molecule has 0 radical (unpaired) electrons. The highest BCUT2D eigenvalue weighted by Gasteiger charge is 2.19. The van der Waals surface area contributed by atoms with Gasteiger partial charge in [0.2, 0.25) is 0 Å². The lowest BCUT2D eigenvalue weighted by molar-refractivity contribution is -0.167. The minimum Gasteiger partial charge on any atom is -0.462 e. The first-order chi connectivity index (χ1) is 41.0. The van der Waals surface area contributed by atoms with E-state index in [2.05, 4.69) is 130 Å². The second-order valence-corrected chi connectivity index (χ2v) is 23.4. The molecule has 0 aliphatic rings. The summed E-state index contributed by atoms with van der Waals surface area (Å²) >= 11 is 0. The molecule has 0 aliphatic heterocycles. The van der Waals surface area contributed by atoms with Crippen LogP contribution in [0.5, 0.6) is 0 Å². The van der Waals surface area contributed by atoms with Gasteiger partial charge >= 0.3 is 17.9 Å². The van der Waals surface area contributed by atoms with E-state index < -0.39 is 6.10 Å². The monoisotopic (exact) mass is 1150 g/mol. The number of carbonyl (C=O) groups excluding carboxylic acids is 3. The number of rotatable bonds is 64. The third kappa shape index (κ3) is 68.7. The van der Waals surface area contributed by atoms with E-state index >= 15 is 0 Å². The van der Waals surface area contributed by atoms with Gasteiger partial charge in [0.1, 0.15) is 13.2 Å². The minimum absolute atomic E-state index is 0.0754. The van der Waals surface area contributed by atoms with Crippen molar-refractivity contribution >= 4 is 17.9 Å². The summed E-state index contributed by atoms with van der Waals surface area (Å²) in [5.41, 5.74) is 0. The molecule has 1 unspecified atom stereocenters. The molecule has 6 heteroatoms. The fourth-order valence-corrected chi connectivity index (χ4v) is 10.1. The van der Waals surface area contributed by atoms with Crippen molar-refractivity contribution in [1.29, 1.82) is 0 Å². The van der Waals surface area contributed by atoms with Gasteiger partial charge in [-0.25, -0.2) is 0 Å². The van der Waals surface area contributed by atoms with Crippen LogP contribution in [0, 0.1) is 0 Å². The number of hydrogen-bond acceptors (Lipinski definition) is 6. The number of allylic oxidation sites excluding steroid dienone is 18. The molecule has 0 spiro atoms. The van der Waals surface area contributed by atoms with Gasteiger partial charge < -0.3 is 14.2 Å². The highest BCUT2D eigenvalue weighted by molar-refractivity contribution is 5.71. The van der Waals surface area contributed by atoms with E-state index in [1.54, 1.807) is 0 Å². The first-order valence-corrected chi connectivity index (χ1v) is 35.4. The molecule has 476 valence electrons. The first kappa shape index (κ1) is 79.1. The Morgan fingerprint density at radius 1 is 0.253 bits per heavy atom. The van der Waals surface area contributed by atoms with Gasteiger partial charge in [0.25, 0.3) is 0 Å². The van der Waals surface area contributed by atoms with Crippen LogP contribution < -0.4 is 0 Å². The van der Waals surface area contributed by atoms with E-state index in [4.69, 9.17) is 14.2 Å². The minimum atomic E-state index is -0.776. The zero-order valence-corrected chi connectivity index (χ0v) is 54.7. The van der Waals surface area contributed by atoms with Gasteiger partial charge in [-0.15, -0.1) is 0 Å². The fraction of sp³-hybridized carbons (Fsp3) is 0.727. The Balaban J connectivity index is 3.95. The second-order valence-electron chi connectivity index (χ2n) is 23.4. The average molecular weight is 1150 g/mol. The molecule has 0 aromatic rings. The van der Waals surface area contributed by atoms with Crippen molar-refractivity contribution < 1.29 is 28.6 Å². The molecule has 1 atom stereocenters. The highest BCUT2D eigenvalue weighted by atomic mass is 16.6. The Morgan fingerprint density at radius 2 is 0.470 bits per heavy atom. The van der Waals surface area contributed by atoms with Crippen molar-refractivity contribution in [2.75, 3.05) is 13.2 Å². The van der Waals surface area contributed by atoms with E-state index in [1.165, 1.54) is 180 Å². The van der Waals surface area contributed by atoms with Crippen molar-refractivity contribution in [1.82, 2.24) is 0 Å². The second kappa shape index (κ2) is 70.6. The van der Waals surface area contributed by atoms with Crippen molar-refractivity contribution in [2.24, 2.45) is 0 Å². The van der Waals surface area contributed by atoms with Gasteiger partial charge in [-0.2, -0.15) is 0 Å². The summed E-state index contributed by atoms with van der Waals surface area (Å²) in [6, 6.07) is 0. The Morgan fingerprint density at radius 3 is 0.735 bits per heavy atom. The molecule has 83 heavy (non-hydrogen) atoms. The van der Waals surface area contributed by atoms with E-state index in [-0.39, 0.29) is 31.1 Å². The maximum Gasteiger partial charge on any atom is 0.306 e. The predicted octanol–water partition coefficient (Wildman–Crippen LogP) is 24.6. The molecular formula is C77H132O6. The number of unbranched alkanes of at least 4 members (excludes halogenated alkanes) is 35. The lowest BCUT2D eigenvalue weighted by Crippen LogP contribution is -2.30. The van der Waals surface area contributed by atoms with Crippen LogP contribution in [-0.4, -0.2) is 37.2 Å². The molecule has 0 aromatic heterocycles. The molecule has 6 nitrogen and oxygen atoms in total. The highest BCUT2D eigenvalue weighted by Crippen LogP contribution is 2.18. The molecule has 0 rings (SSSR count). The molecular weight excluding hydrogens is 1020 g/mol. The molecule has 0 saturated heterocycles. The lowest BCUT2D eigenvalue weighted by atomic mass is 10.0. The van der Waals surface area contributed by atoms with Crippen LogP contribution in [0.25, 0.3) is 0 Å². The Hall–Kier alpha value is -3.93. The standard InChI is InChI=1S/C77H132O6/c1-4-7-10-13-15-17-19-21-23-25-27-29-31-33-35-36-37-38-39-40-42-43-45-47-49-51-53-55-57-59-61-64-67-70-76(79)82-73-74(72-81-75(78)69-66-63-12-9-6-3)83-77(80)71-68-65-62-60-58-56-54-52-50-48-46-44-41-34-32-30-28-26-24-22-20-18-16-14-11-8-5-2/h7-8,10-11,15-18,21-24,27-30,34,41,74H,4-6,9,12-14,19-20,25-26,31-33,35-40,42-73H2,1-3H3/b10-7-,11-8-,17-15-,18-16-,23-21-,24-22-,29-27-,30-28-,41-34-. The van der Waals surface area contributed by atoms with Crippen molar-refractivity contribution in [3.05, 3.63) is 109 Å². The van der Waals surface area contributed by atoms with Gasteiger partial charge in [-0.05, 0) is 103 Å². The smallest absolute Gasteiger partial charge is 0.306 e. The van der Waals surface area contributed by atoms with Gasteiger partial charge in [0.05, 0.1) is 0 Å². The van der Waals surface area contributed by atoms with Crippen LogP contribution in [-0.2, 0) is 28.6 Å². The summed E-state index contributed by atoms with van der Waals surface area (Å²) in [6.45, 7) is 6.36. The van der Waals surface area contributed by atoms with Crippen molar-refractivity contribution in [2.45, 2.75) is 348 Å². The number of hydrogen-bond donors (Lipinski definition) is 0. The topological polar surface area (TPSA) is 78.9 Å². The summed E-state index contributed by atoms with van der Waals surface area (Å²) in [7, 11) is 0. The summed E-state index contributed by atoms with van der Waals surface area (Å²) in [4.78, 5) is 38.0. The maximum atomic E-state index is 12.9. The third-order valence-corrected chi connectivity index (χ3v) is 15.3. The lowest BCUT2D eigenvalue weighted by Gasteiger charge is -2.18. The van der Waals surface area contributed by atoms with Gasteiger partial charge in [0, 0.05) is 19.3 Å². The quantitative estimate of drug-likeness (QED) is 0.0261. The van der Waals surface area contributed by atoms with Gasteiger partial charge in [0.15, 0.2) is 6.10 Å². The Kier molecular flexibility index (Phi) is 67.2. The number of ether oxygens (including phenoxy) is 3. The predicted molar refractivity (Wildman–Crippen MR) is 362 cm³/mol. The van der Waals surface area contributed by atoms with Crippen LogP contribution in [0.1, 0.15) is 342 Å². The maximum absolute atomic E-state index is 12.9. The average Bonchev–Trinajstić information content (AvgIpc) is 3.49. The third-order valence-electron chi connectivity index (χ3n) is 15.3. The molecule has 0 bridgehead atoms. The van der Waals surface area contributed by atoms with Crippen LogP contribution in [0.15, 0.2) is 109 Å². The van der Waals surface area contributed by atoms with E-state index in [0.717, 1.165) is 122 Å². The van der Waals surface area contributed by atoms with E-state index in [0.29, 0.717) is 19.3 Å². The molecule has 0 fully saturated rings. The summed E-state index contributed by atoms with van der Waals surface area (Å²) in [5.74, 6) is -0.879. The Labute approximate surface area is 514 Å². The van der Waals surface area contributed by atoms with Crippen LogP contribution in [0.3, 0.4) is 0 Å². The summed E-state index contributed by atoms with van der Waals surface area (Å²) < 4.78 is 16.8. The van der Waals surface area contributed by atoms with E-state index in [9.17, 15) is 14.4 Å². The largest absolute Gasteiger partial charge is 0.462 e. The molecule has 0 heterocycles. The summed E-state index contributed by atoms with van der Waals surface area (Å²) in [5, 5.41) is 0. The molecule has 0 aliphatic carbocycles. The van der Waals surface area contributed by atoms with Gasteiger partial charge in [-0.3, -0.25) is 14.4 Å². The van der Waals surface area contributed by atoms with Gasteiger partial charge in [-0.1, -0.05) is 329 Å². The summed E-state index contributed by atoms with van der Waals surface area (Å²) in [6.07, 6.45) is 97.5. The normalized spacial score (nSPS) is 12.8. The molecule has 0 saturated carbocycles. The molecule has 0 aromatic carbocycles. The SMILES string of the molecule is CC/C=C\C/C=C\C/C=C\C/C=C\C/C=C\CCCCCCCCCCCCCC(=O)OC(COC(=O)CCCCCCC)COC(=O)CCCCCCCCCCCCCCCCCCCCCC/C=C\C/C=C\C/C=C\C/C=C\CC. The van der Waals surface area contributed by atoms with Crippen LogP contribution >= 0.6 is 0 Å². The fourth-order valence-electron chi connectivity index (χ4n) is 10.1. The first-order valence-electron chi connectivity index (χ1n) is 35.4. The number of carbonyl (C=O) groups is 3. The van der Waals surface area contributed by atoms with Crippen molar-refractivity contribution in [3.8, 4) is 0 Å².